The molecule has 1 heterocycles. The SMILES string of the molecule is C[C-](C)C.Cc1ccc(S(=O)(=O)N2CCN(C(=O)OC([C-]=O)C(F)(F)F)CC2)cc1.[V+2]. The molecule has 1 fully saturated rings. The number of alkyl halides is 3. The second kappa shape index (κ2) is 12.5. The van der Waals surface area contributed by atoms with E-state index >= 15 is 0 Å². The van der Waals surface area contributed by atoms with Gasteiger partial charge in [0.15, 0.2) is 0 Å². The summed E-state index contributed by atoms with van der Waals surface area (Å²) in [6.07, 6.45) is -8.74. The maximum atomic E-state index is 12.5. The minimum Gasteiger partial charge on any atom is -0.538 e. The quantitative estimate of drug-likeness (QED) is 0.593. The summed E-state index contributed by atoms with van der Waals surface area (Å²) in [5.41, 5.74) is 0.891. The van der Waals surface area contributed by atoms with Crippen molar-refractivity contribution < 1.29 is 54.5 Å². The van der Waals surface area contributed by atoms with E-state index < -0.39 is 28.4 Å². The Hall–Kier alpha value is -1.56. The first-order valence-electron chi connectivity index (χ1n) is 9.02. The molecule has 2 rings (SSSR count). The molecule has 1 aliphatic rings. The third-order valence-electron chi connectivity index (χ3n) is 3.78. The summed E-state index contributed by atoms with van der Waals surface area (Å²) in [7, 11) is -3.77. The summed E-state index contributed by atoms with van der Waals surface area (Å²) in [6, 6.07) is 6.21. The van der Waals surface area contributed by atoms with E-state index in [9.17, 15) is 31.2 Å². The Bertz CT molecular complexity index is 806. The van der Waals surface area contributed by atoms with Crippen LogP contribution in [0.25, 0.3) is 0 Å². The van der Waals surface area contributed by atoms with Gasteiger partial charge in [0.25, 0.3) is 0 Å². The molecule has 0 aromatic heterocycles. The van der Waals surface area contributed by atoms with Crippen LogP contribution in [0.4, 0.5) is 18.0 Å². The van der Waals surface area contributed by atoms with E-state index in [0.717, 1.165) is 14.8 Å². The Morgan fingerprint density at radius 1 is 1.10 bits per heavy atom. The van der Waals surface area contributed by atoms with Crippen molar-refractivity contribution in [2.24, 2.45) is 0 Å². The molecule has 0 aliphatic carbocycles. The van der Waals surface area contributed by atoms with Crippen LogP contribution < -0.4 is 0 Å². The summed E-state index contributed by atoms with van der Waals surface area (Å²) in [5.74, 6) is 1.42. The van der Waals surface area contributed by atoms with Gasteiger partial charge in [0.05, 0.1) is 4.90 Å². The first kappa shape index (κ1) is 29.4. The molecular formula is C19H25F3N2O5SV. The molecule has 1 atom stereocenters. The molecule has 1 aromatic carbocycles. The largest absolute Gasteiger partial charge is 2.00 e. The van der Waals surface area contributed by atoms with Gasteiger partial charge in [-0.1, -0.05) is 17.7 Å². The third-order valence-corrected chi connectivity index (χ3v) is 5.69. The van der Waals surface area contributed by atoms with Crippen molar-refractivity contribution in [3.05, 3.63) is 35.7 Å². The predicted octanol–water partition coefficient (Wildman–Crippen LogP) is 3.10. The number of sulfonamides is 1. The van der Waals surface area contributed by atoms with E-state index in [0.29, 0.717) is 6.29 Å². The molecule has 1 unspecified atom stereocenters. The Kier molecular flexibility index (Phi) is 11.8. The van der Waals surface area contributed by atoms with Crippen molar-refractivity contribution in [2.45, 2.75) is 44.9 Å². The smallest absolute Gasteiger partial charge is 0.538 e. The fourth-order valence-electron chi connectivity index (χ4n) is 2.30. The molecule has 0 saturated carbocycles. The van der Waals surface area contributed by atoms with Gasteiger partial charge in [-0.2, -0.15) is 38.2 Å². The van der Waals surface area contributed by atoms with Crippen LogP contribution in [0.3, 0.4) is 0 Å². The normalized spacial score (nSPS) is 15.9. The number of carbonyl (C=O) groups excluding carboxylic acids is 2. The van der Waals surface area contributed by atoms with Crippen molar-refractivity contribution >= 4 is 22.4 Å². The van der Waals surface area contributed by atoms with Crippen molar-refractivity contribution in [1.82, 2.24) is 9.21 Å². The number of ether oxygens (including phenoxy) is 1. The average Bonchev–Trinajstić information content (AvgIpc) is 2.65. The Morgan fingerprint density at radius 3 is 1.94 bits per heavy atom. The van der Waals surface area contributed by atoms with Crippen molar-refractivity contribution in [2.75, 3.05) is 26.2 Å². The zero-order valence-corrected chi connectivity index (χ0v) is 19.9. The van der Waals surface area contributed by atoms with E-state index in [1.54, 1.807) is 12.1 Å². The van der Waals surface area contributed by atoms with Gasteiger partial charge in [0, 0.05) is 26.2 Å². The first-order chi connectivity index (χ1) is 13.8. The first-order valence-corrected chi connectivity index (χ1v) is 10.5. The van der Waals surface area contributed by atoms with Crippen LogP contribution >= 0.6 is 0 Å². The number of halogens is 3. The van der Waals surface area contributed by atoms with E-state index in [1.807, 2.05) is 6.92 Å². The molecule has 31 heavy (non-hydrogen) atoms. The van der Waals surface area contributed by atoms with Gasteiger partial charge in [0.2, 0.25) is 10.0 Å². The second-order valence-electron chi connectivity index (χ2n) is 7.13. The van der Waals surface area contributed by atoms with Crippen LogP contribution in [0.15, 0.2) is 29.2 Å². The zero-order chi connectivity index (χ0) is 23.1. The monoisotopic (exact) mass is 501 g/mol. The Labute approximate surface area is 192 Å². The van der Waals surface area contributed by atoms with Crippen LogP contribution in [-0.2, 0) is 38.1 Å². The fourth-order valence-corrected chi connectivity index (χ4v) is 3.73. The number of benzene rings is 1. The molecule has 12 heteroatoms. The van der Waals surface area contributed by atoms with Gasteiger partial charge in [-0.05, 0) is 19.1 Å². The number of carbonyl (C=O) groups is 1. The molecule has 1 radical (unpaired) electrons. The van der Waals surface area contributed by atoms with Crippen LogP contribution in [0.5, 0.6) is 0 Å². The fraction of sp³-hybridized carbons (Fsp3) is 0.526. The summed E-state index contributed by atoms with van der Waals surface area (Å²) >= 11 is 0. The third kappa shape index (κ3) is 9.22. The van der Waals surface area contributed by atoms with Crippen molar-refractivity contribution in [3.8, 4) is 0 Å². The van der Waals surface area contributed by atoms with Gasteiger partial charge in [-0.25, -0.2) is 19.5 Å². The minimum absolute atomic E-state index is 0. The average molecular weight is 501 g/mol. The van der Waals surface area contributed by atoms with Gasteiger partial charge in [-0.15, -0.1) is 0 Å². The number of amides is 1. The van der Waals surface area contributed by atoms with Crippen LogP contribution in [0.2, 0.25) is 0 Å². The number of rotatable bonds is 4. The number of hydrogen-bond acceptors (Lipinski definition) is 5. The number of aryl methyl sites for hydroxylation is 1. The van der Waals surface area contributed by atoms with Crippen molar-refractivity contribution in [1.29, 1.82) is 0 Å². The van der Waals surface area contributed by atoms with Crippen LogP contribution in [0.1, 0.15) is 26.3 Å². The molecule has 1 amide bonds. The standard InChI is InChI=1S/C15H16F3N2O5S.C4H9.V/c1-11-2-4-12(5-3-11)26(23,24)20-8-6-19(7-9-20)14(22)25-13(10-21)15(16,17)18;1-4(2)3;/h2-5,13H,6-9H2,1H3;1-3H3;/q2*-1;+2. The Balaban J connectivity index is 0.00000165. The minimum atomic E-state index is -5.05. The maximum absolute atomic E-state index is 12.5. The molecule has 1 aliphatic heterocycles. The van der Waals surface area contributed by atoms with E-state index in [2.05, 4.69) is 25.5 Å². The number of nitrogens with zero attached hydrogens (tertiary/aromatic N) is 2. The molecule has 0 spiro atoms. The second-order valence-corrected chi connectivity index (χ2v) is 9.07. The molecule has 173 valence electrons. The maximum Gasteiger partial charge on any atom is 2.00 e. The van der Waals surface area contributed by atoms with Crippen LogP contribution in [0, 0.1) is 12.8 Å². The molecule has 7 nitrogen and oxygen atoms in total. The molecular weight excluding hydrogens is 476 g/mol. The van der Waals surface area contributed by atoms with Crippen molar-refractivity contribution in [3.63, 3.8) is 0 Å². The Morgan fingerprint density at radius 2 is 1.55 bits per heavy atom. The molecule has 0 bridgehead atoms. The molecule has 0 N–H and O–H groups in total. The van der Waals surface area contributed by atoms with E-state index in [1.165, 1.54) is 18.1 Å². The summed E-state index contributed by atoms with van der Waals surface area (Å²) < 4.78 is 67.6. The summed E-state index contributed by atoms with van der Waals surface area (Å²) in [6.45, 7) is 7.53. The van der Waals surface area contributed by atoms with Gasteiger partial charge < -0.3 is 20.3 Å². The van der Waals surface area contributed by atoms with Gasteiger partial charge in [0.1, 0.15) is 6.10 Å². The summed E-state index contributed by atoms with van der Waals surface area (Å²) in [4.78, 5) is 23.0. The zero-order valence-electron chi connectivity index (χ0n) is 17.6. The molecule has 1 aromatic rings. The van der Waals surface area contributed by atoms with E-state index in [-0.39, 0.29) is 49.6 Å². The van der Waals surface area contributed by atoms with E-state index in [4.69, 9.17) is 0 Å². The number of piperazine rings is 1. The predicted molar refractivity (Wildman–Crippen MR) is 104 cm³/mol. The van der Waals surface area contributed by atoms with Gasteiger partial charge in [-0.3, -0.25) is 0 Å². The molecule has 1 saturated heterocycles. The number of hydrogen-bond donors (Lipinski definition) is 0. The topological polar surface area (TPSA) is 84.0 Å². The van der Waals surface area contributed by atoms with Crippen LogP contribution in [-0.4, -0.2) is 68.5 Å². The summed E-state index contributed by atoms with van der Waals surface area (Å²) in [5, 5.41) is 0. The van der Waals surface area contributed by atoms with Gasteiger partial charge >= 0.3 is 30.8 Å².